The molecule has 120 valence electrons. The Balaban J connectivity index is 1.39. The molecule has 1 amide bonds. The first-order valence-corrected chi connectivity index (χ1v) is 8.06. The van der Waals surface area contributed by atoms with Gasteiger partial charge < -0.3 is 10.2 Å². The first-order chi connectivity index (χ1) is 11.2. The summed E-state index contributed by atoms with van der Waals surface area (Å²) in [5, 5.41) is 2.97. The fourth-order valence-electron chi connectivity index (χ4n) is 2.97. The molecule has 2 aromatic rings. The number of anilines is 1. The van der Waals surface area contributed by atoms with Gasteiger partial charge in [-0.05, 0) is 42.2 Å². The zero-order valence-corrected chi connectivity index (χ0v) is 13.1. The van der Waals surface area contributed by atoms with Crippen molar-refractivity contribution in [2.24, 2.45) is 0 Å². The first-order valence-electron chi connectivity index (χ1n) is 8.06. The summed E-state index contributed by atoms with van der Waals surface area (Å²) in [6.45, 7) is 2.50. The molecule has 0 atom stereocenters. The van der Waals surface area contributed by atoms with Gasteiger partial charge in [-0.2, -0.15) is 0 Å². The first kappa shape index (κ1) is 15.5. The third-order valence-electron chi connectivity index (χ3n) is 4.24. The van der Waals surface area contributed by atoms with Gasteiger partial charge in [-0.3, -0.25) is 4.79 Å². The summed E-state index contributed by atoms with van der Waals surface area (Å²) >= 11 is 0. The number of nitrogens with one attached hydrogen (secondary N) is 1. The molecule has 3 nitrogen and oxygen atoms in total. The van der Waals surface area contributed by atoms with Crippen molar-refractivity contribution in [3.63, 3.8) is 0 Å². The maximum atomic E-state index is 12.8. The van der Waals surface area contributed by atoms with E-state index in [1.807, 2.05) is 0 Å². The van der Waals surface area contributed by atoms with E-state index in [0.717, 1.165) is 25.1 Å². The lowest BCUT2D eigenvalue weighted by Gasteiger charge is -2.19. The van der Waals surface area contributed by atoms with Gasteiger partial charge >= 0.3 is 0 Å². The van der Waals surface area contributed by atoms with Crippen molar-refractivity contribution in [1.29, 1.82) is 0 Å². The van der Waals surface area contributed by atoms with Crippen LogP contribution in [0.5, 0.6) is 0 Å². The SMILES string of the molecule is O=C(CCc1ccc(F)cc1)NCCN1CCc2ccccc21. The number of benzene rings is 2. The molecule has 0 aromatic heterocycles. The van der Waals surface area contributed by atoms with Gasteiger partial charge in [0.1, 0.15) is 5.82 Å². The van der Waals surface area contributed by atoms with Crippen molar-refractivity contribution in [3.05, 3.63) is 65.5 Å². The highest BCUT2D eigenvalue weighted by atomic mass is 19.1. The number of rotatable bonds is 6. The third-order valence-corrected chi connectivity index (χ3v) is 4.24. The minimum absolute atomic E-state index is 0.0433. The molecule has 4 heteroatoms. The van der Waals surface area contributed by atoms with Crippen molar-refractivity contribution in [2.45, 2.75) is 19.3 Å². The Labute approximate surface area is 136 Å². The molecule has 1 N–H and O–H groups in total. The van der Waals surface area contributed by atoms with Crippen LogP contribution >= 0.6 is 0 Å². The highest BCUT2D eigenvalue weighted by molar-refractivity contribution is 5.76. The number of fused-ring (bicyclic) bond motifs is 1. The second-order valence-corrected chi connectivity index (χ2v) is 5.84. The van der Waals surface area contributed by atoms with Gasteiger partial charge in [-0.25, -0.2) is 4.39 Å². The molecule has 0 aliphatic carbocycles. The number of carbonyl (C=O) groups excluding carboxylic acids is 1. The van der Waals surface area contributed by atoms with Crippen LogP contribution in [0.4, 0.5) is 10.1 Å². The topological polar surface area (TPSA) is 32.3 Å². The van der Waals surface area contributed by atoms with Gasteiger partial charge in [0, 0.05) is 31.7 Å². The Morgan fingerprint density at radius 2 is 1.91 bits per heavy atom. The predicted molar refractivity (Wildman–Crippen MR) is 90.1 cm³/mol. The summed E-state index contributed by atoms with van der Waals surface area (Å²) in [4.78, 5) is 14.2. The van der Waals surface area contributed by atoms with Crippen LogP contribution in [0.25, 0.3) is 0 Å². The van der Waals surface area contributed by atoms with Crippen LogP contribution in [0.3, 0.4) is 0 Å². The maximum absolute atomic E-state index is 12.8. The van der Waals surface area contributed by atoms with Crippen molar-refractivity contribution in [3.8, 4) is 0 Å². The van der Waals surface area contributed by atoms with Gasteiger partial charge in [-0.1, -0.05) is 30.3 Å². The molecule has 0 saturated carbocycles. The Hall–Kier alpha value is -2.36. The van der Waals surface area contributed by atoms with Crippen LogP contribution < -0.4 is 10.2 Å². The zero-order valence-electron chi connectivity index (χ0n) is 13.1. The van der Waals surface area contributed by atoms with Gasteiger partial charge in [0.2, 0.25) is 5.91 Å². The van der Waals surface area contributed by atoms with E-state index < -0.39 is 0 Å². The highest BCUT2D eigenvalue weighted by Crippen LogP contribution is 2.26. The average Bonchev–Trinajstić information content (AvgIpc) is 2.98. The molecule has 0 unspecified atom stereocenters. The maximum Gasteiger partial charge on any atom is 0.220 e. The molecule has 0 spiro atoms. The molecule has 1 aliphatic heterocycles. The molecular formula is C19H21FN2O. The molecule has 1 aliphatic rings. The number of amides is 1. The van der Waals surface area contributed by atoms with E-state index in [1.165, 1.54) is 23.4 Å². The summed E-state index contributed by atoms with van der Waals surface area (Å²) in [5.74, 6) is -0.203. The van der Waals surface area contributed by atoms with Gasteiger partial charge in [0.05, 0.1) is 0 Å². The molecule has 0 saturated heterocycles. The molecule has 0 bridgehead atoms. The Morgan fingerprint density at radius 1 is 1.13 bits per heavy atom. The summed E-state index contributed by atoms with van der Waals surface area (Å²) in [6, 6.07) is 14.7. The highest BCUT2D eigenvalue weighted by Gasteiger charge is 2.17. The normalized spacial score (nSPS) is 13.0. The van der Waals surface area contributed by atoms with Crippen LogP contribution in [0.15, 0.2) is 48.5 Å². The quantitative estimate of drug-likeness (QED) is 0.889. The minimum Gasteiger partial charge on any atom is -0.369 e. The van der Waals surface area contributed by atoms with Crippen LogP contribution in [0.1, 0.15) is 17.5 Å². The van der Waals surface area contributed by atoms with E-state index in [9.17, 15) is 9.18 Å². The Bertz CT molecular complexity index is 669. The number of aryl methyl sites for hydroxylation is 1. The minimum atomic E-state index is -0.246. The molecule has 3 rings (SSSR count). The average molecular weight is 312 g/mol. The Morgan fingerprint density at radius 3 is 2.74 bits per heavy atom. The molecule has 2 aromatic carbocycles. The second kappa shape index (κ2) is 7.27. The number of nitrogens with zero attached hydrogens (tertiary/aromatic N) is 1. The Kier molecular flexibility index (Phi) is 4.91. The second-order valence-electron chi connectivity index (χ2n) is 5.84. The summed E-state index contributed by atoms with van der Waals surface area (Å²) < 4.78 is 12.8. The summed E-state index contributed by atoms with van der Waals surface area (Å²) in [5.41, 5.74) is 3.65. The van der Waals surface area contributed by atoms with Crippen LogP contribution in [-0.4, -0.2) is 25.5 Å². The molecule has 0 radical (unpaired) electrons. The van der Waals surface area contributed by atoms with Crippen molar-refractivity contribution in [1.82, 2.24) is 5.32 Å². The molecule has 1 heterocycles. The largest absolute Gasteiger partial charge is 0.369 e. The fraction of sp³-hybridized carbons (Fsp3) is 0.316. The van der Waals surface area contributed by atoms with Crippen LogP contribution in [0, 0.1) is 5.82 Å². The molecule has 0 fully saturated rings. The van der Waals surface area contributed by atoms with Crippen LogP contribution in [0.2, 0.25) is 0 Å². The number of para-hydroxylation sites is 1. The lowest BCUT2D eigenvalue weighted by atomic mass is 10.1. The number of hydrogen-bond acceptors (Lipinski definition) is 2. The van der Waals surface area contributed by atoms with Crippen LogP contribution in [-0.2, 0) is 17.6 Å². The number of carbonyl (C=O) groups is 1. The van der Waals surface area contributed by atoms with E-state index in [2.05, 4.69) is 34.5 Å². The van der Waals surface area contributed by atoms with E-state index in [0.29, 0.717) is 19.4 Å². The summed E-state index contributed by atoms with van der Waals surface area (Å²) in [7, 11) is 0. The fourth-order valence-corrected chi connectivity index (χ4v) is 2.97. The predicted octanol–water partition coefficient (Wildman–Crippen LogP) is 2.94. The monoisotopic (exact) mass is 312 g/mol. The number of halogens is 1. The standard InChI is InChI=1S/C19H21FN2O/c20-17-8-5-15(6-9-17)7-10-19(23)21-12-14-22-13-11-16-3-1-2-4-18(16)22/h1-6,8-9H,7,10-14H2,(H,21,23). The third kappa shape index (κ3) is 4.09. The van der Waals surface area contributed by atoms with Crippen molar-refractivity contribution < 1.29 is 9.18 Å². The van der Waals surface area contributed by atoms with Gasteiger partial charge in [0.25, 0.3) is 0 Å². The lowest BCUT2D eigenvalue weighted by Crippen LogP contribution is -2.34. The lowest BCUT2D eigenvalue weighted by molar-refractivity contribution is -0.120. The van der Waals surface area contributed by atoms with Crippen molar-refractivity contribution >= 4 is 11.6 Å². The smallest absolute Gasteiger partial charge is 0.220 e. The van der Waals surface area contributed by atoms with Gasteiger partial charge in [-0.15, -0.1) is 0 Å². The zero-order chi connectivity index (χ0) is 16.1. The number of hydrogen-bond donors (Lipinski definition) is 1. The van der Waals surface area contributed by atoms with E-state index in [1.54, 1.807) is 12.1 Å². The molecular weight excluding hydrogens is 291 g/mol. The summed E-state index contributed by atoms with van der Waals surface area (Å²) in [6.07, 6.45) is 2.15. The van der Waals surface area contributed by atoms with Gasteiger partial charge in [0.15, 0.2) is 0 Å². The van der Waals surface area contributed by atoms with E-state index in [-0.39, 0.29) is 11.7 Å². The van der Waals surface area contributed by atoms with Crippen molar-refractivity contribution in [2.75, 3.05) is 24.5 Å². The molecule has 23 heavy (non-hydrogen) atoms. The van der Waals surface area contributed by atoms with E-state index >= 15 is 0 Å². The van der Waals surface area contributed by atoms with E-state index in [4.69, 9.17) is 0 Å².